The summed E-state index contributed by atoms with van der Waals surface area (Å²) < 4.78 is 0. The van der Waals surface area contributed by atoms with Crippen molar-refractivity contribution in [2.75, 3.05) is 0 Å². The Kier molecular flexibility index (Phi) is 2.18. The van der Waals surface area contributed by atoms with Crippen LogP contribution in [0.1, 0.15) is 46.5 Å². The molecule has 2 rings (SSSR count). The van der Waals surface area contributed by atoms with Gasteiger partial charge in [-0.15, -0.1) is 0 Å². The number of hydrogen-bond acceptors (Lipinski definition) is 0. The van der Waals surface area contributed by atoms with Crippen molar-refractivity contribution in [3.8, 4) is 0 Å². The molecule has 2 aliphatic rings. The van der Waals surface area contributed by atoms with E-state index in [4.69, 9.17) is 0 Å². The summed E-state index contributed by atoms with van der Waals surface area (Å²) in [7, 11) is 0. The van der Waals surface area contributed by atoms with E-state index in [2.05, 4.69) is 20.8 Å². The van der Waals surface area contributed by atoms with E-state index in [0.29, 0.717) is 0 Å². The molecule has 0 aromatic heterocycles. The zero-order valence-electron chi connectivity index (χ0n) is 8.72. The third-order valence-corrected chi connectivity index (χ3v) is 4.26. The molecule has 0 bridgehead atoms. The Morgan fingerprint density at radius 1 is 1.08 bits per heavy atom. The maximum absolute atomic E-state index is 2.40. The van der Waals surface area contributed by atoms with Crippen LogP contribution in [-0.2, 0) is 0 Å². The van der Waals surface area contributed by atoms with Gasteiger partial charge in [-0.25, -0.2) is 0 Å². The smallest absolute Gasteiger partial charge is 0.0355 e. The maximum atomic E-state index is 2.40. The van der Waals surface area contributed by atoms with Gasteiger partial charge in [0, 0.05) is 0 Å². The quantitative estimate of drug-likeness (QED) is 0.586. The van der Waals surface area contributed by atoms with Crippen LogP contribution in [0.4, 0.5) is 0 Å². The summed E-state index contributed by atoms with van der Waals surface area (Å²) in [5.74, 6) is 5.33. The van der Waals surface area contributed by atoms with E-state index in [-0.39, 0.29) is 0 Å². The zero-order chi connectivity index (χ0) is 8.72. The highest BCUT2D eigenvalue weighted by molar-refractivity contribution is 4.92. The molecule has 0 amide bonds. The lowest BCUT2D eigenvalue weighted by Crippen LogP contribution is -2.41. The maximum Gasteiger partial charge on any atom is -0.0355 e. The summed E-state index contributed by atoms with van der Waals surface area (Å²) >= 11 is 0. The van der Waals surface area contributed by atoms with Gasteiger partial charge in [-0.2, -0.15) is 0 Å². The van der Waals surface area contributed by atoms with Gasteiger partial charge in [-0.3, -0.25) is 0 Å². The van der Waals surface area contributed by atoms with Gasteiger partial charge in [0.15, 0.2) is 0 Å². The van der Waals surface area contributed by atoms with Crippen LogP contribution in [0.15, 0.2) is 0 Å². The molecule has 0 nitrogen and oxygen atoms in total. The predicted molar refractivity (Wildman–Crippen MR) is 52.9 cm³/mol. The molecular weight excluding hydrogens is 144 g/mol. The highest BCUT2D eigenvalue weighted by Gasteiger charge is 2.42. The first kappa shape index (κ1) is 8.59. The van der Waals surface area contributed by atoms with E-state index in [1.165, 1.54) is 19.3 Å². The van der Waals surface area contributed by atoms with Gasteiger partial charge in [0.1, 0.15) is 0 Å². The molecule has 0 spiro atoms. The van der Waals surface area contributed by atoms with Crippen LogP contribution in [0.5, 0.6) is 0 Å². The van der Waals surface area contributed by atoms with E-state index in [0.717, 1.165) is 29.6 Å². The average molecular weight is 166 g/mol. The molecule has 2 saturated carbocycles. The van der Waals surface area contributed by atoms with Crippen molar-refractivity contribution in [2.24, 2.45) is 29.6 Å². The second kappa shape index (κ2) is 3.05. The topological polar surface area (TPSA) is 0 Å². The van der Waals surface area contributed by atoms with Crippen molar-refractivity contribution in [1.82, 2.24) is 0 Å². The standard InChI is InChI=1S/C12H22/c1-8(2)11-4-5-12(11)10-6-9(3)7-10/h8-12H,4-7H2,1-3H3. The van der Waals surface area contributed by atoms with Gasteiger partial charge in [0.25, 0.3) is 0 Å². The largest absolute Gasteiger partial charge is 0.0625 e. The first-order valence-electron chi connectivity index (χ1n) is 5.68. The molecule has 2 unspecified atom stereocenters. The van der Waals surface area contributed by atoms with Crippen molar-refractivity contribution in [2.45, 2.75) is 46.5 Å². The molecule has 0 radical (unpaired) electrons. The first-order valence-corrected chi connectivity index (χ1v) is 5.68. The van der Waals surface area contributed by atoms with Crippen LogP contribution in [0, 0.1) is 29.6 Å². The minimum atomic E-state index is 0.944. The van der Waals surface area contributed by atoms with Gasteiger partial charge in [0.05, 0.1) is 0 Å². The Hall–Kier alpha value is 0. The van der Waals surface area contributed by atoms with Gasteiger partial charge in [-0.1, -0.05) is 20.8 Å². The highest BCUT2D eigenvalue weighted by Crippen LogP contribution is 2.51. The summed E-state index contributed by atoms with van der Waals surface area (Å²) in [4.78, 5) is 0. The summed E-state index contributed by atoms with van der Waals surface area (Å²) in [6, 6.07) is 0. The Morgan fingerprint density at radius 3 is 2.08 bits per heavy atom. The van der Waals surface area contributed by atoms with E-state index >= 15 is 0 Å². The fraction of sp³-hybridized carbons (Fsp3) is 1.00. The minimum Gasteiger partial charge on any atom is -0.0625 e. The highest BCUT2D eigenvalue weighted by atomic mass is 14.5. The van der Waals surface area contributed by atoms with Gasteiger partial charge < -0.3 is 0 Å². The number of rotatable bonds is 2. The van der Waals surface area contributed by atoms with E-state index < -0.39 is 0 Å². The minimum absolute atomic E-state index is 0.944. The summed E-state index contributed by atoms with van der Waals surface area (Å²) in [6.07, 6.45) is 6.13. The molecule has 0 aliphatic heterocycles. The molecule has 0 heterocycles. The van der Waals surface area contributed by atoms with E-state index in [1.54, 1.807) is 6.42 Å². The average Bonchev–Trinajstić information content (AvgIpc) is 1.80. The normalized spacial score (nSPS) is 47.0. The van der Waals surface area contributed by atoms with Crippen molar-refractivity contribution in [3.63, 3.8) is 0 Å². The van der Waals surface area contributed by atoms with Crippen molar-refractivity contribution in [3.05, 3.63) is 0 Å². The van der Waals surface area contributed by atoms with Crippen LogP contribution in [-0.4, -0.2) is 0 Å². The van der Waals surface area contributed by atoms with Crippen molar-refractivity contribution >= 4 is 0 Å². The lowest BCUT2D eigenvalue weighted by atomic mass is 9.56. The number of hydrogen-bond donors (Lipinski definition) is 0. The van der Waals surface area contributed by atoms with E-state index in [9.17, 15) is 0 Å². The third-order valence-electron chi connectivity index (χ3n) is 4.26. The van der Waals surface area contributed by atoms with Gasteiger partial charge in [0.2, 0.25) is 0 Å². The Labute approximate surface area is 76.7 Å². The fourth-order valence-corrected chi connectivity index (χ4v) is 3.28. The zero-order valence-corrected chi connectivity index (χ0v) is 8.72. The van der Waals surface area contributed by atoms with Crippen LogP contribution in [0.3, 0.4) is 0 Å². The van der Waals surface area contributed by atoms with Gasteiger partial charge in [-0.05, 0) is 55.3 Å². The lowest BCUT2D eigenvalue weighted by molar-refractivity contribution is 0.00349. The third kappa shape index (κ3) is 1.30. The molecule has 70 valence electrons. The Morgan fingerprint density at radius 2 is 1.75 bits per heavy atom. The molecule has 0 aromatic rings. The summed E-state index contributed by atoms with van der Waals surface area (Å²) in [5.41, 5.74) is 0. The molecular formula is C12H22. The molecule has 2 fully saturated rings. The fourth-order valence-electron chi connectivity index (χ4n) is 3.28. The summed E-state index contributed by atoms with van der Waals surface area (Å²) in [6.45, 7) is 7.21. The monoisotopic (exact) mass is 166 g/mol. The summed E-state index contributed by atoms with van der Waals surface area (Å²) in [5, 5.41) is 0. The van der Waals surface area contributed by atoms with Crippen LogP contribution >= 0.6 is 0 Å². The molecule has 2 atom stereocenters. The predicted octanol–water partition coefficient (Wildman–Crippen LogP) is 3.71. The van der Waals surface area contributed by atoms with Crippen LogP contribution < -0.4 is 0 Å². The lowest BCUT2D eigenvalue weighted by Gasteiger charge is -2.50. The van der Waals surface area contributed by atoms with E-state index in [1.807, 2.05) is 0 Å². The van der Waals surface area contributed by atoms with Crippen LogP contribution in [0.2, 0.25) is 0 Å². The van der Waals surface area contributed by atoms with Crippen molar-refractivity contribution in [1.29, 1.82) is 0 Å². The molecule has 12 heavy (non-hydrogen) atoms. The molecule has 0 saturated heterocycles. The first-order chi connectivity index (χ1) is 5.68. The second-order valence-electron chi connectivity index (χ2n) is 5.49. The van der Waals surface area contributed by atoms with Crippen LogP contribution in [0.25, 0.3) is 0 Å². The second-order valence-corrected chi connectivity index (χ2v) is 5.49. The molecule has 0 aromatic carbocycles. The SMILES string of the molecule is CC1CC(C2CCC2C(C)C)C1. The Bertz CT molecular complexity index is 153. The van der Waals surface area contributed by atoms with Gasteiger partial charge >= 0.3 is 0 Å². The molecule has 2 aliphatic carbocycles. The Balaban J connectivity index is 1.82. The van der Waals surface area contributed by atoms with Crippen molar-refractivity contribution < 1.29 is 0 Å². The molecule has 0 heteroatoms. The molecule has 0 N–H and O–H groups in total.